The number of allylic oxidation sites excluding steroid dienone is 6. The largest absolute Gasteiger partial charge is 0.460 e. The van der Waals surface area contributed by atoms with E-state index in [4.69, 9.17) is 23.7 Å². The van der Waals surface area contributed by atoms with E-state index >= 15 is 0 Å². The standard InChI is InChI=1S/C53H82INO13/c1-31-21-23-52(8,54)22-14-15-32(2)43(64-9)29-39-19-17-37(7)53(63,68-39)49(60)50(61)55-24-13-12-16-40(55)51(62)67-44(34(4)27-38-18-20-41(56)45(28-38)65-10)30-42(57)33(3)26-36(6)47(59)48(66-11)46(58)35(5)25-31/h14-15,21-23,26,31,33-35,37-41,43-45,47-48,56,59,63H,12-13,16-20,24-25,27-30H2,1-11H3/b22-14+,23-21+,32-15+,36-26+/t31-,33-,34-,35-,37-,38+,39+,40+,41-,43+,44+,45-,47-,48+,52?,53-/m1/s1. The first kappa shape index (κ1) is 57.9. The number of ether oxygens (including phenoxy) is 5. The third-order valence-electron chi connectivity index (χ3n) is 15.0. The highest BCUT2D eigenvalue weighted by Crippen LogP contribution is 2.38. The number of carbonyl (C=O) groups excluding carboxylic acids is 5. The molecule has 15 heteroatoms. The summed E-state index contributed by atoms with van der Waals surface area (Å²) in [5.74, 6) is -7.99. The zero-order valence-electron chi connectivity index (χ0n) is 42.5. The number of Topliss-reactive ketones (excluding diaryl/α,β-unsaturated/α-hetero) is 3. The van der Waals surface area contributed by atoms with Gasteiger partial charge in [-0.3, -0.25) is 19.2 Å². The van der Waals surface area contributed by atoms with Gasteiger partial charge in [-0.2, -0.15) is 0 Å². The highest BCUT2D eigenvalue weighted by atomic mass is 127. The molecule has 0 spiro atoms. The van der Waals surface area contributed by atoms with Crippen LogP contribution in [0.2, 0.25) is 0 Å². The number of piperidine rings is 1. The summed E-state index contributed by atoms with van der Waals surface area (Å²) < 4.78 is 29.2. The fraction of sp³-hybridized carbons (Fsp3) is 0.755. The fourth-order valence-electron chi connectivity index (χ4n) is 10.4. The summed E-state index contributed by atoms with van der Waals surface area (Å²) >= 11 is 2.35. The van der Waals surface area contributed by atoms with Crippen LogP contribution in [-0.2, 0) is 47.7 Å². The molecule has 0 radical (unpaired) electrons. The number of aliphatic hydroxyl groups is 3. The van der Waals surface area contributed by atoms with Crippen LogP contribution in [-0.4, -0.2) is 135 Å². The number of rotatable bonds is 6. The second-order valence-electron chi connectivity index (χ2n) is 20.7. The van der Waals surface area contributed by atoms with Crippen LogP contribution in [0.1, 0.15) is 132 Å². The van der Waals surface area contributed by atoms with Gasteiger partial charge in [0.05, 0.1) is 27.8 Å². The maximum atomic E-state index is 14.4. The van der Waals surface area contributed by atoms with E-state index in [1.807, 2.05) is 45.9 Å². The van der Waals surface area contributed by atoms with Gasteiger partial charge in [0.15, 0.2) is 5.78 Å². The van der Waals surface area contributed by atoms with Gasteiger partial charge in [-0.05, 0) is 114 Å². The van der Waals surface area contributed by atoms with Crippen molar-refractivity contribution >= 4 is 51.8 Å². The zero-order chi connectivity index (χ0) is 50.7. The molecule has 1 saturated carbocycles. The molecule has 16 atom stereocenters. The Morgan fingerprint density at radius 2 is 1.59 bits per heavy atom. The van der Waals surface area contributed by atoms with E-state index < -0.39 is 83.9 Å². The van der Waals surface area contributed by atoms with E-state index in [0.29, 0.717) is 63.4 Å². The van der Waals surface area contributed by atoms with Crippen molar-refractivity contribution in [2.45, 2.75) is 190 Å². The molecule has 2 saturated heterocycles. The van der Waals surface area contributed by atoms with Gasteiger partial charge in [0.25, 0.3) is 11.7 Å². The molecular formula is C53H82INO13. The second kappa shape index (κ2) is 26.2. The number of amides is 1. The number of aliphatic hydroxyl groups excluding tert-OH is 2. The number of fused-ring (bicyclic) bond motifs is 3. The van der Waals surface area contributed by atoms with E-state index in [2.05, 4.69) is 41.7 Å². The molecule has 2 bridgehead atoms. The molecular weight excluding hydrogens is 985 g/mol. The molecule has 68 heavy (non-hydrogen) atoms. The number of methoxy groups -OCH3 is 3. The second-order valence-corrected chi connectivity index (χ2v) is 23.0. The number of ketones is 3. The zero-order valence-corrected chi connectivity index (χ0v) is 44.6. The number of carbonyl (C=O) groups is 5. The van der Waals surface area contributed by atoms with Gasteiger partial charge in [0, 0.05) is 58.5 Å². The number of hydrogen-bond donors (Lipinski definition) is 3. The summed E-state index contributed by atoms with van der Waals surface area (Å²) in [6.45, 7) is 14.9. The van der Waals surface area contributed by atoms with E-state index in [1.165, 1.54) is 12.0 Å². The quantitative estimate of drug-likeness (QED) is 0.0785. The lowest BCUT2D eigenvalue weighted by Gasteiger charge is -2.42. The summed E-state index contributed by atoms with van der Waals surface area (Å²) in [5.41, 5.74) is 1.28. The molecule has 0 aromatic heterocycles. The van der Waals surface area contributed by atoms with Gasteiger partial charge in [-0.15, -0.1) is 0 Å². The van der Waals surface area contributed by atoms with Crippen molar-refractivity contribution < 1.29 is 63.0 Å². The minimum atomic E-state index is -2.44. The SMILES string of the molecule is CO[C@H]1C[C@@H]2CC[C@@H](C)[C@@](O)(O2)C(=O)C(=O)N2CCCC[C@H]2C(=O)O[C@H]([C@H](C)C[C@@H]2CC[C@@H](O)[C@H](OC)C2)CC(=O)[C@H](C)/C=C(\C)[C@@H](O)[C@@H](OC)C(=O)[C@H](C)C[C@H](C)/C=C/C(C)(I)/C=C/C=C/1C. The first-order valence-corrected chi connectivity index (χ1v) is 25.9. The van der Waals surface area contributed by atoms with E-state index in [1.54, 1.807) is 41.1 Å². The Labute approximate surface area is 419 Å². The van der Waals surface area contributed by atoms with Crippen LogP contribution in [0.4, 0.5) is 0 Å². The maximum Gasteiger partial charge on any atom is 0.329 e. The molecule has 4 rings (SSSR count). The van der Waals surface area contributed by atoms with Crippen LogP contribution < -0.4 is 0 Å². The molecule has 3 heterocycles. The third-order valence-corrected chi connectivity index (χ3v) is 15.7. The highest BCUT2D eigenvalue weighted by molar-refractivity contribution is 14.1. The number of hydrogen-bond acceptors (Lipinski definition) is 13. The third kappa shape index (κ3) is 15.4. The van der Waals surface area contributed by atoms with Crippen molar-refractivity contribution in [1.82, 2.24) is 4.90 Å². The van der Waals surface area contributed by atoms with E-state index in [0.717, 1.165) is 12.0 Å². The molecule has 1 unspecified atom stereocenters. The molecule has 3 fully saturated rings. The predicted octanol–water partition coefficient (Wildman–Crippen LogP) is 7.37. The average Bonchev–Trinajstić information content (AvgIpc) is 3.30. The lowest BCUT2D eigenvalue weighted by atomic mass is 9.78. The first-order chi connectivity index (χ1) is 32.0. The van der Waals surface area contributed by atoms with Gasteiger partial charge in [0.1, 0.15) is 30.1 Å². The molecule has 3 N–H and O–H groups in total. The first-order valence-electron chi connectivity index (χ1n) is 24.9. The molecule has 1 aliphatic carbocycles. The molecule has 1 amide bonds. The molecule has 0 aromatic carbocycles. The van der Waals surface area contributed by atoms with Gasteiger partial charge in [-0.25, -0.2) is 4.79 Å². The summed E-state index contributed by atoms with van der Waals surface area (Å²) in [7, 11) is 4.54. The summed E-state index contributed by atoms with van der Waals surface area (Å²) in [6, 6.07) is -1.14. The summed E-state index contributed by atoms with van der Waals surface area (Å²) in [5, 5.41) is 34.0. The lowest BCUT2D eigenvalue weighted by molar-refractivity contribution is -0.265. The lowest BCUT2D eigenvalue weighted by Crippen LogP contribution is -2.61. The van der Waals surface area contributed by atoms with Crippen molar-refractivity contribution in [1.29, 1.82) is 0 Å². The van der Waals surface area contributed by atoms with Crippen molar-refractivity contribution in [3.8, 4) is 0 Å². The van der Waals surface area contributed by atoms with Crippen molar-refractivity contribution in [3.63, 3.8) is 0 Å². The Kier molecular flexibility index (Phi) is 22.3. The number of alkyl halides is 1. The Hall–Kier alpha value is -2.64. The van der Waals surface area contributed by atoms with Crippen molar-refractivity contribution in [2.24, 2.45) is 35.5 Å². The Morgan fingerprint density at radius 1 is 0.882 bits per heavy atom. The highest BCUT2D eigenvalue weighted by Gasteiger charge is 2.53. The average molecular weight is 1070 g/mol. The van der Waals surface area contributed by atoms with E-state index in [-0.39, 0.29) is 58.2 Å². The molecule has 3 aliphatic heterocycles. The Balaban J connectivity index is 1.72. The number of nitrogens with zero attached hydrogens (tertiary/aromatic N) is 1. The van der Waals surface area contributed by atoms with Crippen LogP contribution in [0, 0.1) is 35.5 Å². The van der Waals surface area contributed by atoms with Crippen molar-refractivity contribution in [3.05, 3.63) is 47.6 Å². The van der Waals surface area contributed by atoms with Crippen LogP contribution in [0.5, 0.6) is 0 Å². The fourth-order valence-corrected chi connectivity index (χ4v) is 10.8. The normalized spacial score (nSPS) is 41.5. The van der Waals surface area contributed by atoms with Crippen LogP contribution in [0.3, 0.4) is 0 Å². The summed E-state index contributed by atoms with van der Waals surface area (Å²) in [4.78, 5) is 72.2. The minimum Gasteiger partial charge on any atom is -0.460 e. The molecule has 0 aromatic rings. The van der Waals surface area contributed by atoms with Crippen LogP contribution in [0.25, 0.3) is 0 Å². The van der Waals surface area contributed by atoms with Crippen LogP contribution in [0.15, 0.2) is 47.6 Å². The Morgan fingerprint density at radius 3 is 2.25 bits per heavy atom. The predicted molar refractivity (Wildman–Crippen MR) is 268 cm³/mol. The van der Waals surface area contributed by atoms with Gasteiger partial charge in [0.2, 0.25) is 5.79 Å². The number of cyclic esters (lactones) is 1. The molecule has 14 nitrogen and oxygen atoms in total. The van der Waals surface area contributed by atoms with Crippen molar-refractivity contribution in [2.75, 3.05) is 27.9 Å². The maximum absolute atomic E-state index is 14.4. The molecule has 384 valence electrons. The van der Waals surface area contributed by atoms with E-state index in [9.17, 15) is 39.3 Å². The summed E-state index contributed by atoms with van der Waals surface area (Å²) in [6.07, 6.45) is 11.7. The topological polar surface area (TPSA) is 195 Å². The number of halogens is 1. The van der Waals surface area contributed by atoms with Crippen LogP contribution >= 0.6 is 22.6 Å². The van der Waals surface area contributed by atoms with Gasteiger partial charge >= 0.3 is 5.97 Å². The Bertz CT molecular complexity index is 1860. The monoisotopic (exact) mass is 1070 g/mol. The smallest absolute Gasteiger partial charge is 0.329 e. The van der Waals surface area contributed by atoms with Gasteiger partial charge in [-0.1, -0.05) is 93.7 Å². The molecule has 4 aliphatic rings. The van der Waals surface area contributed by atoms with Gasteiger partial charge < -0.3 is 43.9 Å². The number of esters is 1. The minimum absolute atomic E-state index is 0.0200.